The Kier molecular flexibility index (Phi) is 4.55. The number of alkyl halides is 2. The average molecular weight is 375 g/mol. The Morgan fingerprint density at radius 1 is 1.15 bits per heavy atom. The minimum absolute atomic E-state index is 0.0321. The molecule has 4 nitrogen and oxygen atoms in total. The van der Waals surface area contributed by atoms with Crippen LogP contribution in [0.2, 0.25) is 0 Å². The Hall–Kier alpha value is -2.54. The second-order valence-corrected chi connectivity index (χ2v) is 6.99. The van der Waals surface area contributed by atoms with E-state index < -0.39 is 30.6 Å². The molecule has 1 fully saturated rings. The number of halogens is 3. The zero-order valence-corrected chi connectivity index (χ0v) is 14.6. The molecule has 2 amide bonds. The van der Waals surface area contributed by atoms with Gasteiger partial charge in [0.25, 0.3) is 5.92 Å². The van der Waals surface area contributed by atoms with Crippen molar-refractivity contribution in [3.63, 3.8) is 0 Å². The highest BCUT2D eigenvalue weighted by molar-refractivity contribution is 5.76. The van der Waals surface area contributed by atoms with Crippen LogP contribution >= 0.6 is 0 Å². The maximum Gasteiger partial charge on any atom is 0.318 e. The molecule has 0 aliphatic carbocycles. The van der Waals surface area contributed by atoms with Gasteiger partial charge in [0.05, 0.1) is 12.6 Å². The number of carbonyl (C=O) groups excluding carboxylic acids is 1. The van der Waals surface area contributed by atoms with E-state index in [4.69, 9.17) is 0 Å². The van der Waals surface area contributed by atoms with Gasteiger partial charge >= 0.3 is 6.03 Å². The number of hydrogen-bond acceptors (Lipinski definition) is 2. The van der Waals surface area contributed by atoms with Crippen LogP contribution in [0.15, 0.2) is 48.5 Å². The Balaban J connectivity index is 1.66. The van der Waals surface area contributed by atoms with Crippen LogP contribution in [0, 0.1) is 5.82 Å². The van der Waals surface area contributed by atoms with E-state index in [0.717, 1.165) is 16.7 Å². The average Bonchev–Trinajstić information content (AvgIpc) is 2.99. The first kappa shape index (κ1) is 17.9. The molecule has 2 aliphatic rings. The topological polar surface area (TPSA) is 44.4 Å². The van der Waals surface area contributed by atoms with Crippen molar-refractivity contribution < 1.29 is 18.0 Å². The standard InChI is InChI=1S/C20H20F3N3O/c21-15-7-5-14(6-8-15)18-16-4-2-1-3-13(16)9-10-26(18)19(27)25-17-11-24-12-20(17,22)23/h1-8,17-18,24H,9-12H2,(H,25,27). The molecule has 4 rings (SSSR count). The first-order chi connectivity index (χ1) is 13.0. The van der Waals surface area contributed by atoms with Crippen molar-refractivity contribution in [2.24, 2.45) is 0 Å². The van der Waals surface area contributed by atoms with Crippen molar-refractivity contribution in [2.75, 3.05) is 19.6 Å². The fourth-order valence-corrected chi connectivity index (χ4v) is 3.83. The number of carbonyl (C=O) groups is 1. The van der Waals surface area contributed by atoms with Crippen molar-refractivity contribution >= 4 is 6.03 Å². The number of nitrogens with one attached hydrogen (secondary N) is 2. The molecular formula is C20H20F3N3O. The molecular weight excluding hydrogens is 355 g/mol. The molecule has 0 spiro atoms. The van der Waals surface area contributed by atoms with Crippen LogP contribution in [-0.4, -0.2) is 42.5 Å². The van der Waals surface area contributed by atoms with Crippen molar-refractivity contribution in [2.45, 2.75) is 24.4 Å². The highest BCUT2D eigenvalue weighted by Crippen LogP contribution is 2.35. The van der Waals surface area contributed by atoms with Crippen molar-refractivity contribution in [1.29, 1.82) is 0 Å². The van der Waals surface area contributed by atoms with E-state index in [1.165, 1.54) is 12.1 Å². The lowest BCUT2D eigenvalue weighted by atomic mass is 9.88. The third-order valence-electron chi connectivity index (χ3n) is 5.25. The van der Waals surface area contributed by atoms with Crippen LogP contribution in [0.5, 0.6) is 0 Å². The summed E-state index contributed by atoms with van der Waals surface area (Å²) in [4.78, 5) is 14.4. The third-order valence-corrected chi connectivity index (χ3v) is 5.25. The molecule has 2 aromatic rings. The molecule has 0 bridgehead atoms. The highest BCUT2D eigenvalue weighted by Gasteiger charge is 2.46. The molecule has 2 aromatic carbocycles. The summed E-state index contributed by atoms with van der Waals surface area (Å²) < 4.78 is 41.2. The zero-order valence-electron chi connectivity index (χ0n) is 14.6. The molecule has 142 valence electrons. The predicted octanol–water partition coefficient (Wildman–Crippen LogP) is 3.09. The quantitative estimate of drug-likeness (QED) is 0.847. The second-order valence-electron chi connectivity index (χ2n) is 6.99. The maximum absolute atomic E-state index is 13.9. The molecule has 7 heteroatoms. The molecule has 0 saturated carbocycles. The molecule has 0 radical (unpaired) electrons. The summed E-state index contributed by atoms with van der Waals surface area (Å²) in [7, 11) is 0. The summed E-state index contributed by atoms with van der Waals surface area (Å²) in [6.07, 6.45) is 0.639. The summed E-state index contributed by atoms with van der Waals surface area (Å²) in [5.74, 6) is -3.34. The van der Waals surface area contributed by atoms with Crippen LogP contribution in [-0.2, 0) is 6.42 Å². The Morgan fingerprint density at radius 3 is 2.59 bits per heavy atom. The minimum Gasteiger partial charge on any atom is -0.328 e. The van der Waals surface area contributed by atoms with Crippen LogP contribution in [0.3, 0.4) is 0 Å². The minimum atomic E-state index is -2.98. The van der Waals surface area contributed by atoms with E-state index in [1.54, 1.807) is 17.0 Å². The van der Waals surface area contributed by atoms with Gasteiger partial charge in [-0.25, -0.2) is 18.0 Å². The Labute approximate surface area is 155 Å². The van der Waals surface area contributed by atoms with Gasteiger partial charge in [-0.05, 0) is 35.2 Å². The molecule has 2 unspecified atom stereocenters. The Bertz CT molecular complexity index is 841. The summed E-state index contributed by atoms with van der Waals surface area (Å²) in [5, 5.41) is 5.09. The van der Waals surface area contributed by atoms with Gasteiger partial charge < -0.3 is 15.5 Å². The van der Waals surface area contributed by atoms with Gasteiger partial charge in [0.15, 0.2) is 0 Å². The van der Waals surface area contributed by atoms with Crippen LogP contribution < -0.4 is 10.6 Å². The maximum atomic E-state index is 13.9. The molecule has 2 heterocycles. The van der Waals surface area contributed by atoms with Gasteiger partial charge in [0.2, 0.25) is 0 Å². The normalized spacial score (nSPS) is 23.7. The van der Waals surface area contributed by atoms with E-state index in [1.807, 2.05) is 24.3 Å². The molecule has 1 saturated heterocycles. The fraction of sp³-hybridized carbons (Fsp3) is 0.350. The van der Waals surface area contributed by atoms with Crippen LogP contribution in [0.1, 0.15) is 22.7 Å². The van der Waals surface area contributed by atoms with E-state index in [2.05, 4.69) is 10.6 Å². The molecule has 2 N–H and O–H groups in total. The summed E-state index contributed by atoms with van der Waals surface area (Å²) >= 11 is 0. The van der Waals surface area contributed by atoms with E-state index in [0.29, 0.717) is 13.0 Å². The number of amides is 2. The number of rotatable bonds is 2. The van der Waals surface area contributed by atoms with Crippen molar-refractivity contribution in [1.82, 2.24) is 15.5 Å². The van der Waals surface area contributed by atoms with E-state index in [9.17, 15) is 18.0 Å². The monoisotopic (exact) mass is 375 g/mol. The summed E-state index contributed by atoms with van der Waals surface area (Å²) in [6, 6.07) is 11.5. The highest BCUT2D eigenvalue weighted by atomic mass is 19.3. The van der Waals surface area contributed by atoms with Gasteiger partial charge in [-0.3, -0.25) is 0 Å². The van der Waals surface area contributed by atoms with Gasteiger partial charge in [0.1, 0.15) is 11.9 Å². The summed E-state index contributed by atoms with van der Waals surface area (Å²) in [5.41, 5.74) is 2.78. The van der Waals surface area contributed by atoms with E-state index >= 15 is 0 Å². The molecule has 2 aliphatic heterocycles. The van der Waals surface area contributed by atoms with Crippen molar-refractivity contribution in [3.8, 4) is 0 Å². The lowest BCUT2D eigenvalue weighted by Crippen LogP contribution is -2.53. The number of urea groups is 1. The van der Waals surface area contributed by atoms with Gasteiger partial charge in [-0.1, -0.05) is 36.4 Å². The van der Waals surface area contributed by atoms with Crippen LogP contribution in [0.4, 0.5) is 18.0 Å². The first-order valence-corrected chi connectivity index (χ1v) is 8.94. The lowest BCUT2D eigenvalue weighted by molar-refractivity contribution is -0.00179. The number of hydrogen-bond donors (Lipinski definition) is 2. The fourth-order valence-electron chi connectivity index (χ4n) is 3.83. The third kappa shape index (κ3) is 3.39. The summed E-state index contributed by atoms with van der Waals surface area (Å²) in [6.45, 7) is -0.0108. The van der Waals surface area contributed by atoms with E-state index in [-0.39, 0.29) is 12.4 Å². The van der Waals surface area contributed by atoms with Gasteiger partial charge in [-0.2, -0.15) is 0 Å². The molecule has 27 heavy (non-hydrogen) atoms. The van der Waals surface area contributed by atoms with Gasteiger partial charge in [-0.15, -0.1) is 0 Å². The Morgan fingerprint density at radius 2 is 1.89 bits per heavy atom. The largest absolute Gasteiger partial charge is 0.328 e. The van der Waals surface area contributed by atoms with Crippen LogP contribution in [0.25, 0.3) is 0 Å². The molecule has 2 atom stereocenters. The number of fused-ring (bicyclic) bond motifs is 1. The van der Waals surface area contributed by atoms with Gasteiger partial charge in [0, 0.05) is 13.1 Å². The smallest absolute Gasteiger partial charge is 0.318 e. The van der Waals surface area contributed by atoms with Crippen molar-refractivity contribution in [3.05, 3.63) is 71.0 Å². The zero-order chi connectivity index (χ0) is 19.0. The molecule has 0 aromatic heterocycles. The second kappa shape index (κ2) is 6.88. The number of benzene rings is 2. The predicted molar refractivity (Wildman–Crippen MR) is 95.2 cm³/mol. The SMILES string of the molecule is O=C(NC1CNCC1(F)F)N1CCc2ccccc2C1c1ccc(F)cc1. The number of nitrogens with zero attached hydrogens (tertiary/aromatic N) is 1. The lowest BCUT2D eigenvalue weighted by Gasteiger charge is -2.38. The first-order valence-electron chi connectivity index (χ1n) is 8.94.